The van der Waals surface area contributed by atoms with Gasteiger partial charge in [0.15, 0.2) is 11.0 Å². The molecule has 1 heterocycles. The van der Waals surface area contributed by atoms with E-state index in [0.717, 1.165) is 0 Å². The zero-order valence-electron chi connectivity index (χ0n) is 17.3. The number of nitrogens with one attached hydrogen (secondary N) is 2. The average Bonchev–Trinajstić information content (AvgIpc) is 3.15. The number of benzene rings is 2. The number of ether oxygens (including phenoxy) is 1. The second-order valence-electron chi connectivity index (χ2n) is 6.49. The number of carbonyl (C=O) groups is 2. The third-order valence-corrected chi connectivity index (χ3v) is 5.38. The fraction of sp³-hybridized carbons (Fsp3) is 0.200. The van der Waals surface area contributed by atoms with Crippen molar-refractivity contribution in [3.05, 3.63) is 70.0 Å². The van der Waals surface area contributed by atoms with Crippen molar-refractivity contribution >= 4 is 35.0 Å². The summed E-state index contributed by atoms with van der Waals surface area (Å²) in [7, 11) is 3.24. The maximum atomic E-state index is 12.3. The molecule has 12 heteroatoms. The molecule has 0 fully saturated rings. The summed E-state index contributed by atoms with van der Waals surface area (Å²) in [5.74, 6) is 0.428. The number of hydrogen-bond acceptors (Lipinski definition) is 8. The lowest BCUT2D eigenvalue weighted by Gasteiger charge is -2.09. The van der Waals surface area contributed by atoms with Gasteiger partial charge in [-0.15, -0.1) is 10.2 Å². The lowest BCUT2D eigenvalue weighted by Crippen LogP contribution is -2.24. The van der Waals surface area contributed by atoms with E-state index >= 15 is 0 Å². The minimum absolute atomic E-state index is 0.0684. The largest absolute Gasteiger partial charge is 0.495 e. The Bertz CT molecular complexity index is 1150. The van der Waals surface area contributed by atoms with E-state index in [1.807, 2.05) is 6.07 Å². The molecule has 0 aliphatic heterocycles. The topological polar surface area (TPSA) is 141 Å². The number of hydrogen-bond donors (Lipinski definition) is 2. The van der Waals surface area contributed by atoms with Crippen molar-refractivity contribution in [1.29, 1.82) is 0 Å². The summed E-state index contributed by atoms with van der Waals surface area (Å²) in [5, 5.41) is 24.9. The molecule has 0 spiro atoms. The van der Waals surface area contributed by atoms with Crippen LogP contribution < -0.4 is 15.4 Å². The van der Waals surface area contributed by atoms with Gasteiger partial charge in [0.1, 0.15) is 5.75 Å². The van der Waals surface area contributed by atoms with Crippen LogP contribution in [0.1, 0.15) is 16.2 Å². The van der Waals surface area contributed by atoms with Gasteiger partial charge in [0.25, 0.3) is 11.6 Å². The summed E-state index contributed by atoms with van der Waals surface area (Å²) in [6, 6.07) is 12.5. The van der Waals surface area contributed by atoms with Crippen LogP contribution in [0.2, 0.25) is 0 Å². The van der Waals surface area contributed by atoms with Crippen molar-refractivity contribution < 1.29 is 19.2 Å². The minimum Gasteiger partial charge on any atom is -0.495 e. The van der Waals surface area contributed by atoms with Crippen molar-refractivity contribution in [3.63, 3.8) is 0 Å². The molecule has 2 amide bonds. The molecule has 0 saturated carbocycles. The molecule has 32 heavy (non-hydrogen) atoms. The van der Waals surface area contributed by atoms with E-state index in [0.29, 0.717) is 22.4 Å². The molecule has 11 nitrogen and oxygen atoms in total. The van der Waals surface area contributed by atoms with Crippen LogP contribution in [0.3, 0.4) is 0 Å². The number of methoxy groups -OCH3 is 1. The number of carbonyl (C=O) groups excluding carboxylic acids is 2. The van der Waals surface area contributed by atoms with Gasteiger partial charge in [-0.25, -0.2) is 0 Å². The number of thioether (sulfide) groups is 1. The van der Waals surface area contributed by atoms with Crippen LogP contribution in [-0.4, -0.2) is 44.4 Å². The molecule has 0 radical (unpaired) electrons. The molecule has 0 bridgehead atoms. The second kappa shape index (κ2) is 10.4. The number of non-ortho nitro benzene ring substituents is 1. The van der Waals surface area contributed by atoms with Gasteiger partial charge in [0, 0.05) is 24.7 Å². The molecule has 0 aliphatic rings. The molecule has 0 aliphatic carbocycles. The SMILES string of the molecule is COc1ccccc1NC(=O)CSc1nnc(CNC(=O)c2cccc([N+](=O)[O-])c2)n1C. The Balaban J connectivity index is 1.55. The molecule has 2 aromatic carbocycles. The van der Waals surface area contributed by atoms with Gasteiger partial charge in [-0.05, 0) is 18.2 Å². The number of para-hydroxylation sites is 2. The number of rotatable bonds is 9. The normalized spacial score (nSPS) is 10.4. The quantitative estimate of drug-likeness (QED) is 0.284. The molecule has 0 unspecified atom stereocenters. The first-order valence-electron chi connectivity index (χ1n) is 9.35. The van der Waals surface area contributed by atoms with Gasteiger partial charge in [-0.3, -0.25) is 19.7 Å². The Morgan fingerprint density at radius 2 is 1.97 bits per heavy atom. The maximum Gasteiger partial charge on any atom is 0.270 e. The standard InChI is InChI=1S/C20H20N6O5S/c1-25-17(11-21-19(28)13-6-5-7-14(10-13)26(29)30)23-24-20(25)32-12-18(27)22-15-8-3-4-9-16(15)31-2/h3-10H,11-12H2,1-2H3,(H,21,28)(H,22,27). The number of aromatic nitrogens is 3. The Morgan fingerprint density at radius 3 is 2.72 bits per heavy atom. The van der Waals surface area contributed by atoms with E-state index in [1.54, 1.807) is 29.8 Å². The molecule has 2 N–H and O–H groups in total. The third kappa shape index (κ3) is 5.60. The number of anilines is 1. The molecule has 166 valence electrons. The van der Waals surface area contributed by atoms with Gasteiger partial charge in [0.2, 0.25) is 5.91 Å². The second-order valence-corrected chi connectivity index (χ2v) is 7.43. The van der Waals surface area contributed by atoms with Crippen molar-refractivity contribution in [2.45, 2.75) is 11.7 Å². The lowest BCUT2D eigenvalue weighted by atomic mass is 10.2. The summed E-state index contributed by atoms with van der Waals surface area (Å²) in [6.07, 6.45) is 0. The van der Waals surface area contributed by atoms with E-state index in [9.17, 15) is 19.7 Å². The molecule has 0 atom stereocenters. The molecule has 3 aromatic rings. The van der Waals surface area contributed by atoms with Crippen LogP contribution >= 0.6 is 11.8 Å². The van der Waals surface area contributed by atoms with Gasteiger partial charge in [-0.2, -0.15) is 0 Å². The van der Waals surface area contributed by atoms with E-state index in [2.05, 4.69) is 20.8 Å². The number of amides is 2. The first-order valence-corrected chi connectivity index (χ1v) is 10.3. The molecule has 3 rings (SSSR count). The van der Waals surface area contributed by atoms with E-state index < -0.39 is 10.8 Å². The predicted octanol–water partition coefficient (Wildman–Crippen LogP) is 2.39. The first-order chi connectivity index (χ1) is 15.4. The summed E-state index contributed by atoms with van der Waals surface area (Å²) in [6.45, 7) is 0.0684. The highest BCUT2D eigenvalue weighted by atomic mass is 32.2. The van der Waals surface area contributed by atoms with Crippen LogP contribution in [0.5, 0.6) is 5.75 Å². The fourth-order valence-corrected chi connectivity index (χ4v) is 3.44. The summed E-state index contributed by atoms with van der Waals surface area (Å²) < 4.78 is 6.87. The number of nitrogens with zero attached hydrogens (tertiary/aromatic N) is 4. The minimum atomic E-state index is -0.563. The fourth-order valence-electron chi connectivity index (χ4n) is 2.71. The van der Waals surface area contributed by atoms with Crippen molar-refractivity contribution in [2.75, 3.05) is 18.2 Å². The highest BCUT2D eigenvalue weighted by molar-refractivity contribution is 7.99. The van der Waals surface area contributed by atoms with Gasteiger partial charge in [0.05, 0.1) is 30.0 Å². The monoisotopic (exact) mass is 456 g/mol. The predicted molar refractivity (Wildman–Crippen MR) is 118 cm³/mol. The number of nitro benzene ring substituents is 1. The van der Waals surface area contributed by atoms with Crippen LogP contribution in [0, 0.1) is 10.1 Å². The van der Waals surface area contributed by atoms with E-state index in [-0.39, 0.29) is 29.5 Å². The van der Waals surface area contributed by atoms with Crippen molar-refractivity contribution in [1.82, 2.24) is 20.1 Å². The van der Waals surface area contributed by atoms with Gasteiger partial charge in [-0.1, -0.05) is 30.0 Å². The summed E-state index contributed by atoms with van der Waals surface area (Å²) >= 11 is 1.19. The zero-order chi connectivity index (χ0) is 23.1. The van der Waals surface area contributed by atoms with Crippen molar-refractivity contribution in [2.24, 2.45) is 7.05 Å². The highest BCUT2D eigenvalue weighted by Gasteiger charge is 2.15. The summed E-state index contributed by atoms with van der Waals surface area (Å²) in [4.78, 5) is 34.9. The van der Waals surface area contributed by atoms with E-state index in [4.69, 9.17) is 4.74 Å². The smallest absolute Gasteiger partial charge is 0.270 e. The third-order valence-electron chi connectivity index (χ3n) is 4.36. The van der Waals surface area contributed by atoms with Crippen LogP contribution in [-0.2, 0) is 18.4 Å². The molecule has 0 saturated heterocycles. The van der Waals surface area contributed by atoms with Crippen LogP contribution in [0.25, 0.3) is 0 Å². The molecular formula is C20H20N6O5S. The highest BCUT2D eigenvalue weighted by Crippen LogP contribution is 2.24. The molecule has 1 aromatic heterocycles. The zero-order valence-corrected chi connectivity index (χ0v) is 18.1. The summed E-state index contributed by atoms with van der Waals surface area (Å²) in [5.41, 5.74) is 0.577. The number of nitro groups is 1. The molecular weight excluding hydrogens is 436 g/mol. The van der Waals surface area contributed by atoms with E-state index in [1.165, 1.54) is 43.1 Å². The van der Waals surface area contributed by atoms with Crippen LogP contribution in [0.4, 0.5) is 11.4 Å². The Morgan fingerprint density at radius 1 is 1.19 bits per heavy atom. The van der Waals surface area contributed by atoms with Crippen LogP contribution in [0.15, 0.2) is 53.7 Å². The Hall–Kier alpha value is -3.93. The van der Waals surface area contributed by atoms with Gasteiger partial charge >= 0.3 is 0 Å². The van der Waals surface area contributed by atoms with Crippen molar-refractivity contribution in [3.8, 4) is 5.75 Å². The maximum absolute atomic E-state index is 12.3. The lowest BCUT2D eigenvalue weighted by molar-refractivity contribution is -0.384. The Kier molecular flexibility index (Phi) is 7.39. The Labute approximate surface area is 187 Å². The average molecular weight is 456 g/mol. The first kappa shape index (κ1) is 22.7. The van der Waals surface area contributed by atoms with Gasteiger partial charge < -0.3 is 19.9 Å².